The van der Waals surface area contributed by atoms with Crippen molar-refractivity contribution < 1.29 is 0 Å². The quantitative estimate of drug-likeness (QED) is 0.817. The van der Waals surface area contributed by atoms with Gasteiger partial charge in [0.2, 0.25) is 0 Å². The Bertz CT molecular complexity index is 522. The second kappa shape index (κ2) is 4.78. The highest BCUT2D eigenvalue weighted by Crippen LogP contribution is 2.43. The molecule has 0 radical (unpaired) electrons. The molecule has 0 spiro atoms. The molecule has 0 saturated carbocycles. The van der Waals surface area contributed by atoms with Gasteiger partial charge in [0.15, 0.2) is 4.34 Å². The van der Waals surface area contributed by atoms with Crippen molar-refractivity contribution in [3.8, 4) is 0 Å². The maximum atomic E-state index is 4.21. The van der Waals surface area contributed by atoms with Crippen LogP contribution in [0.4, 0.5) is 0 Å². The smallest absolute Gasteiger partial charge is 0.143 e. The van der Waals surface area contributed by atoms with Gasteiger partial charge in [0.05, 0.1) is 0 Å². The molecule has 1 aromatic heterocycles. The first kappa shape index (κ1) is 11.2. The van der Waals surface area contributed by atoms with Crippen molar-refractivity contribution in [2.24, 2.45) is 0 Å². The molecule has 1 unspecified atom stereocenters. The number of hydrogen-bond donors (Lipinski definition) is 0. The fraction of sp³-hybridized carbons (Fsp3) is 0.385. The lowest BCUT2D eigenvalue weighted by atomic mass is 9.91. The molecule has 2 aromatic rings. The van der Waals surface area contributed by atoms with Gasteiger partial charge in [-0.2, -0.15) is 0 Å². The summed E-state index contributed by atoms with van der Waals surface area (Å²) in [5.74, 6) is 0. The molecule has 1 aliphatic rings. The van der Waals surface area contributed by atoms with Gasteiger partial charge in [-0.15, -0.1) is 10.2 Å². The van der Waals surface area contributed by atoms with Crippen LogP contribution >= 0.6 is 23.1 Å². The third-order valence-corrected chi connectivity index (χ3v) is 5.29. The van der Waals surface area contributed by atoms with Crippen LogP contribution in [-0.4, -0.2) is 10.2 Å². The van der Waals surface area contributed by atoms with E-state index in [1.807, 2.05) is 18.7 Å². The first-order valence-corrected chi connectivity index (χ1v) is 7.57. The maximum Gasteiger partial charge on any atom is 0.174 e. The molecular formula is C13H14N2S2. The summed E-state index contributed by atoms with van der Waals surface area (Å²) < 4.78 is 1.10. The van der Waals surface area contributed by atoms with Gasteiger partial charge in [0.25, 0.3) is 0 Å². The third-order valence-electron chi connectivity index (χ3n) is 3.06. The molecule has 0 saturated heterocycles. The number of benzene rings is 1. The number of aromatic nitrogens is 2. The Labute approximate surface area is 109 Å². The van der Waals surface area contributed by atoms with Crippen LogP contribution in [0.25, 0.3) is 0 Å². The lowest BCUT2D eigenvalue weighted by molar-refractivity contribution is 0.673. The van der Waals surface area contributed by atoms with Crippen molar-refractivity contribution in [3.05, 3.63) is 40.4 Å². The number of thioether (sulfide) groups is 1. The van der Waals surface area contributed by atoms with Crippen molar-refractivity contribution in [2.75, 3.05) is 0 Å². The molecule has 88 valence electrons. The summed E-state index contributed by atoms with van der Waals surface area (Å²) in [5, 5.41) is 9.91. The Balaban J connectivity index is 1.85. The molecule has 1 atom stereocenters. The van der Waals surface area contributed by atoms with Crippen LogP contribution in [0.3, 0.4) is 0 Å². The molecule has 1 aliphatic carbocycles. The molecule has 0 aliphatic heterocycles. The van der Waals surface area contributed by atoms with Gasteiger partial charge in [0.1, 0.15) is 5.01 Å². The number of fused-ring (bicyclic) bond motifs is 1. The molecule has 0 fully saturated rings. The standard InChI is InChI=1S/C13H14N2S2/c1-9-14-15-13(16-9)17-12-8-4-6-10-5-2-3-7-11(10)12/h2-3,5,7,12H,4,6,8H2,1H3. The topological polar surface area (TPSA) is 25.8 Å². The van der Waals surface area contributed by atoms with Crippen molar-refractivity contribution in [1.82, 2.24) is 10.2 Å². The fourth-order valence-corrected chi connectivity index (χ4v) is 4.57. The number of nitrogens with zero attached hydrogens (tertiary/aromatic N) is 2. The molecule has 1 aromatic carbocycles. The second-order valence-electron chi connectivity index (χ2n) is 4.28. The SMILES string of the molecule is Cc1nnc(SC2CCCc3ccccc32)s1. The molecule has 1 heterocycles. The molecule has 4 heteroatoms. The summed E-state index contributed by atoms with van der Waals surface area (Å²) in [4.78, 5) is 0. The molecule has 0 N–H and O–H groups in total. The van der Waals surface area contributed by atoms with Crippen LogP contribution < -0.4 is 0 Å². The summed E-state index contributed by atoms with van der Waals surface area (Å²) in [6.07, 6.45) is 3.76. The summed E-state index contributed by atoms with van der Waals surface area (Å²) >= 11 is 3.57. The Morgan fingerprint density at radius 3 is 3.00 bits per heavy atom. The van der Waals surface area contributed by atoms with Gasteiger partial charge in [-0.05, 0) is 37.3 Å². The average molecular weight is 262 g/mol. The lowest BCUT2D eigenvalue weighted by Gasteiger charge is -2.23. The van der Waals surface area contributed by atoms with Crippen LogP contribution in [-0.2, 0) is 6.42 Å². The van der Waals surface area contributed by atoms with E-state index < -0.39 is 0 Å². The minimum atomic E-state index is 0.562. The van der Waals surface area contributed by atoms with Gasteiger partial charge >= 0.3 is 0 Å². The average Bonchev–Trinajstić information content (AvgIpc) is 2.75. The zero-order chi connectivity index (χ0) is 11.7. The highest BCUT2D eigenvalue weighted by atomic mass is 32.2. The van der Waals surface area contributed by atoms with Crippen molar-refractivity contribution in [2.45, 2.75) is 35.8 Å². The molecular weight excluding hydrogens is 248 g/mol. The number of aryl methyl sites for hydroxylation is 2. The predicted molar refractivity (Wildman–Crippen MR) is 72.6 cm³/mol. The van der Waals surface area contributed by atoms with Gasteiger partial charge in [0, 0.05) is 5.25 Å². The Kier molecular flexibility index (Phi) is 3.16. The van der Waals surface area contributed by atoms with Gasteiger partial charge < -0.3 is 0 Å². The van der Waals surface area contributed by atoms with Crippen LogP contribution in [0.1, 0.15) is 34.2 Å². The van der Waals surface area contributed by atoms with E-state index in [9.17, 15) is 0 Å². The van der Waals surface area contributed by atoms with Crippen molar-refractivity contribution >= 4 is 23.1 Å². The maximum absolute atomic E-state index is 4.21. The van der Waals surface area contributed by atoms with Crippen LogP contribution in [0.15, 0.2) is 28.6 Å². The lowest BCUT2D eigenvalue weighted by Crippen LogP contribution is -2.06. The van der Waals surface area contributed by atoms with E-state index in [0.717, 1.165) is 9.35 Å². The normalized spacial score (nSPS) is 19.0. The minimum Gasteiger partial charge on any atom is -0.143 e. The van der Waals surface area contributed by atoms with Crippen LogP contribution in [0, 0.1) is 6.92 Å². The second-order valence-corrected chi connectivity index (χ2v) is 6.92. The number of hydrogen-bond acceptors (Lipinski definition) is 4. The molecule has 2 nitrogen and oxygen atoms in total. The van der Waals surface area contributed by atoms with E-state index in [4.69, 9.17) is 0 Å². The van der Waals surface area contributed by atoms with Crippen LogP contribution in [0.2, 0.25) is 0 Å². The van der Waals surface area contributed by atoms with Crippen LogP contribution in [0.5, 0.6) is 0 Å². The molecule has 0 amide bonds. The predicted octanol–water partition coefficient (Wildman–Crippen LogP) is 4.02. The van der Waals surface area contributed by atoms with Crippen molar-refractivity contribution in [3.63, 3.8) is 0 Å². The Hall–Kier alpha value is -0.870. The van der Waals surface area contributed by atoms with Gasteiger partial charge in [-0.1, -0.05) is 47.4 Å². The van der Waals surface area contributed by atoms with E-state index in [-0.39, 0.29) is 0 Å². The third kappa shape index (κ3) is 2.38. The first-order chi connectivity index (χ1) is 8.33. The molecule has 0 bridgehead atoms. The number of rotatable bonds is 2. The van der Waals surface area contributed by atoms with E-state index in [2.05, 4.69) is 34.5 Å². The van der Waals surface area contributed by atoms with Crippen molar-refractivity contribution in [1.29, 1.82) is 0 Å². The zero-order valence-electron chi connectivity index (χ0n) is 9.72. The summed E-state index contributed by atoms with van der Waals surface area (Å²) in [5.41, 5.74) is 3.01. The van der Waals surface area contributed by atoms with E-state index >= 15 is 0 Å². The summed E-state index contributed by atoms with van der Waals surface area (Å²) in [6.45, 7) is 2.01. The molecule has 17 heavy (non-hydrogen) atoms. The Morgan fingerprint density at radius 2 is 2.18 bits per heavy atom. The van der Waals surface area contributed by atoms with Gasteiger partial charge in [-0.3, -0.25) is 0 Å². The summed E-state index contributed by atoms with van der Waals surface area (Å²) in [7, 11) is 0. The highest BCUT2D eigenvalue weighted by molar-refractivity contribution is 8.01. The van der Waals surface area contributed by atoms with Gasteiger partial charge in [-0.25, -0.2) is 0 Å². The minimum absolute atomic E-state index is 0.562. The Morgan fingerprint density at radius 1 is 1.29 bits per heavy atom. The summed E-state index contributed by atoms with van der Waals surface area (Å²) in [6, 6.07) is 8.80. The monoisotopic (exact) mass is 262 g/mol. The first-order valence-electron chi connectivity index (χ1n) is 5.87. The van der Waals surface area contributed by atoms with E-state index in [1.54, 1.807) is 11.3 Å². The molecule has 3 rings (SSSR count). The fourth-order valence-electron chi connectivity index (χ4n) is 2.28. The highest BCUT2D eigenvalue weighted by Gasteiger charge is 2.21. The zero-order valence-corrected chi connectivity index (χ0v) is 11.4. The largest absolute Gasteiger partial charge is 0.174 e. The van der Waals surface area contributed by atoms with E-state index in [1.165, 1.54) is 30.4 Å². The van der Waals surface area contributed by atoms with E-state index in [0.29, 0.717) is 5.25 Å².